The maximum Gasteiger partial charge on any atom is 0.250 e. The summed E-state index contributed by atoms with van der Waals surface area (Å²) in [5.41, 5.74) is -5.85. The van der Waals surface area contributed by atoms with Gasteiger partial charge >= 0.3 is 0 Å². The molecule has 0 saturated heterocycles. The van der Waals surface area contributed by atoms with E-state index in [0.29, 0.717) is 12.1 Å². The lowest BCUT2D eigenvalue weighted by Gasteiger charge is -2.46. The van der Waals surface area contributed by atoms with Crippen LogP contribution >= 0.6 is 0 Å². The van der Waals surface area contributed by atoms with E-state index >= 15 is 26.3 Å². The normalized spacial score (nSPS) is 29.4. The lowest BCUT2D eigenvalue weighted by Crippen LogP contribution is -2.46. The molecular weight excluding hydrogens is 639 g/mol. The molecule has 2 aromatic carbocycles. The fraction of sp³-hybridized carbons (Fsp3) is 0.629. The predicted molar refractivity (Wildman–Crippen MR) is 171 cm³/mol. The minimum absolute atomic E-state index is 0.0254. The van der Waals surface area contributed by atoms with E-state index in [-0.39, 0.29) is 32.1 Å². The van der Waals surface area contributed by atoms with Crippen LogP contribution in [0.1, 0.15) is 91.7 Å². The molecule has 0 heterocycles. The highest BCUT2D eigenvalue weighted by molar-refractivity contribution is 6.75. The number of hydrogen-bond donors (Lipinski definition) is 0. The van der Waals surface area contributed by atoms with Gasteiger partial charge < -0.3 is 13.6 Å². The van der Waals surface area contributed by atoms with Crippen LogP contribution in [0.15, 0.2) is 12.1 Å². The fourth-order valence-corrected chi connectivity index (χ4v) is 10.6. The van der Waals surface area contributed by atoms with Crippen LogP contribution in [0.5, 0.6) is 11.5 Å². The zero-order valence-corrected chi connectivity index (χ0v) is 30.8. The molecule has 254 valence electrons. The van der Waals surface area contributed by atoms with Gasteiger partial charge in [0.2, 0.25) is 0 Å². The Morgan fingerprint density at radius 1 is 0.652 bits per heavy atom. The van der Waals surface area contributed by atoms with Crippen molar-refractivity contribution in [2.75, 3.05) is 0 Å². The van der Waals surface area contributed by atoms with E-state index in [1.807, 2.05) is 67.7 Å². The van der Waals surface area contributed by atoms with E-state index in [2.05, 4.69) is 0 Å². The van der Waals surface area contributed by atoms with Crippen LogP contribution in [0, 0.1) is 45.7 Å². The summed E-state index contributed by atoms with van der Waals surface area (Å²) in [7, 11) is -5.60. The van der Waals surface area contributed by atoms with E-state index in [9.17, 15) is 4.79 Å². The lowest BCUT2D eigenvalue weighted by molar-refractivity contribution is -0.119. The maximum absolute atomic E-state index is 16.8. The van der Waals surface area contributed by atoms with E-state index in [1.165, 1.54) is 0 Å². The van der Waals surface area contributed by atoms with Crippen LogP contribution in [0.3, 0.4) is 0 Å². The fourth-order valence-electron chi connectivity index (χ4n) is 8.58. The van der Waals surface area contributed by atoms with Gasteiger partial charge in [0.15, 0.2) is 34.8 Å². The predicted octanol–water partition coefficient (Wildman–Crippen LogP) is 10.6. The Labute approximate surface area is 270 Å². The molecule has 46 heavy (non-hydrogen) atoms. The van der Waals surface area contributed by atoms with E-state index in [0.717, 1.165) is 6.29 Å². The number of halogens is 6. The molecule has 4 unspecified atom stereocenters. The lowest BCUT2D eigenvalue weighted by atomic mass is 9.56. The third kappa shape index (κ3) is 4.83. The maximum atomic E-state index is 16.8. The number of rotatable bonds is 7. The molecule has 0 spiro atoms. The van der Waals surface area contributed by atoms with E-state index in [1.54, 1.807) is 6.92 Å². The van der Waals surface area contributed by atoms with Gasteiger partial charge in [-0.05, 0) is 73.8 Å². The topological polar surface area (TPSA) is 35.5 Å². The highest BCUT2D eigenvalue weighted by atomic mass is 28.4. The number of carbonyl (C=O) groups is 1. The summed E-state index contributed by atoms with van der Waals surface area (Å²) >= 11 is 0. The summed E-state index contributed by atoms with van der Waals surface area (Å²) in [6.07, 6.45) is 0.986. The number of aldehydes is 1. The molecule has 3 nitrogen and oxygen atoms in total. The molecule has 4 saturated carbocycles. The molecule has 0 amide bonds. The molecule has 6 rings (SSSR count). The highest BCUT2D eigenvalue weighted by Crippen LogP contribution is 2.80. The second kappa shape index (κ2) is 10.1. The van der Waals surface area contributed by atoms with E-state index in [4.69, 9.17) is 8.85 Å². The Bertz CT molecular complexity index is 1630. The zero-order chi connectivity index (χ0) is 34.8. The minimum atomic E-state index is -2.80. The van der Waals surface area contributed by atoms with Crippen molar-refractivity contribution in [3.8, 4) is 11.5 Å². The molecule has 4 bridgehead atoms. The molecule has 0 aromatic heterocycles. The van der Waals surface area contributed by atoms with Crippen LogP contribution in [0.4, 0.5) is 26.3 Å². The van der Waals surface area contributed by atoms with Crippen LogP contribution in [0.2, 0.25) is 36.3 Å². The van der Waals surface area contributed by atoms with Gasteiger partial charge in [-0.2, -0.15) is 0 Å². The highest BCUT2D eigenvalue weighted by Gasteiger charge is 2.77. The smallest absolute Gasteiger partial charge is 0.250 e. The number of hydrogen-bond acceptors (Lipinski definition) is 3. The third-order valence-corrected chi connectivity index (χ3v) is 21.1. The van der Waals surface area contributed by atoms with Crippen molar-refractivity contribution in [1.29, 1.82) is 0 Å². The Kier molecular flexibility index (Phi) is 7.71. The Balaban J connectivity index is 1.73. The van der Waals surface area contributed by atoms with Gasteiger partial charge in [0, 0.05) is 39.5 Å². The summed E-state index contributed by atoms with van der Waals surface area (Å²) in [6.45, 7) is 20.5. The monoisotopic (exact) mass is 684 g/mol. The van der Waals surface area contributed by atoms with Gasteiger partial charge in [-0.25, -0.2) is 26.3 Å². The van der Waals surface area contributed by atoms with Crippen molar-refractivity contribution in [3.05, 3.63) is 58.2 Å². The summed E-state index contributed by atoms with van der Waals surface area (Å²) in [5.74, 6) is -8.35. The van der Waals surface area contributed by atoms with Crippen molar-refractivity contribution in [1.82, 2.24) is 0 Å². The molecule has 0 N–H and O–H groups in total. The first kappa shape index (κ1) is 35.0. The molecule has 0 radical (unpaired) electrons. The quantitative estimate of drug-likeness (QED) is 0.165. The van der Waals surface area contributed by atoms with Gasteiger partial charge in [-0.3, -0.25) is 0 Å². The second-order valence-corrected chi connectivity index (χ2v) is 27.2. The summed E-state index contributed by atoms with van der Waals surface area (Å²) in [5, 5.41) is -0.854. The standard InChI is InChI=1S/C35H46F6O3Si2/c1-30(2,3)45(8,9)43-28-22(38)12-20(36)24(26(28)40)34-15-32(7)14-33(16-34,19-42)17-35(32,18-34)25-21(37)13-23(39)29(27(25)41)44-46(10,11)31(4,5)6/h12-13,19H,14-18H2,1-11H3. The Morgan fingerprint density at radius 2 is 1.09 bits per heavy atom. The van der Waals surface area contributed by atoms with Gasteiger partial charge in [0.1, 0.15) is 17.9 Å². The molecular formula is C35H46F6O3Si2. The van der Waals surface area contributed by atoms with Crippen LogP contribution in [-0.4, -0.2) is 22.9 Å². The number of benzene rings is 2. The first-order valence-corrected chi connectivity index (χ1v) is 21.7. The van der Waals surface area contributed by atoms with Gasteiger partial charge in [0.25, 0.3) is 16.6 Å². The molecule has 2 aromatic rings. The first-order chi connectivity index (χ1) is 20.7. The van der Waals surface area contributed by atoms with Crippen molar-refractivity contribution in [2.45, 2.75) is 128 Å². The molecule has 4 aliphatic rings. The van der Waals surface area contributed by atoms with Crippen LogP contribution < -0.4 is 8.85 Å². The van der Waals surface area contributed by atoms with Gasteiger partial charge in [-0.1, -0.05) is 48.5 Å². The van der Waals surface area contributed by atoms with Crippen LogP contribution in [0.25, 0.3) is 0 Å². The molecule has 0 aliphatic heterocycles. The molecule has 11 heteroatoms. The molecule has 4 fully saturated rings. The Hall–Kier alpha value is -2.28. The van der Waals surface area contributed by atoms with Gasteiger partial charge in [-0.15, -0.1) is 0 Å². The molecule has 4 aliphatic carbocycles. The third-order valence-electron chi connectivity index (χ3n) is 12.5. The zero-order valence-electron chi connectivity index (χ0n) is 28.8. The summed E-state index contributed by atoms with van der Waals surface area (Å²) in [4.78, 5) is 12.8. The second-order valence-electron chi connectivity index (χ2n) is 17.7. The van der Waals surface area contributed by atoms with Crippen molar-refractivity contribution >= 4 is 22.9 Å². The molecule has 4 atom stereocenters. The largest absolute Gasteiger partial charge is 0.540 e. The van der Waals surface area contributed by atoms with Crippen molar-refractivity contribution in [3.63, 3.8) is 0 Å². The Morgan fingerprint density at radius 3 is 1.52 bits per heavy atom. The summed E-state index contributed by atoms with van der Waals surface area (Å²) in [6, 6.07) is 1.22. The summed E-state index contributed by atoms with van der Waals surface area (Å²) < 4.78 is 108. The number of carbonyl (C=O) groups excluding carboxylic acids is 1. The SMILES string of the molecule is CC12CC3(C=O)CC(c4c(F)cc(F)c(O[Si](C)(C)C(C)(C)C)c4F)(C1)CC2(c1c(F)cc(F)c(O[Si](C)(C)C(C)(C)C)c1F)C3. The minimum Gasteiger partial charge on any atom is -0.540 e. The van der Waals surface area contributed by atoms with Crippen molar-refractivity contribution < 1.29 is 40.0 Å². The van der Waals surface area contributed by atoms with Crippen molar-refractivity contribution in [2.24, 2.45) is 10.8 Å². The van der Waals surface area contributed by atoms with Gasteiger partial charge in [0.05, 0.1) is 0 Å². The average Bonchev–Trinajstić information content (AvgIpc) is 3.16. The first-order valence-electron chi connectivity index (χ1n) is 15.9. The van der Waals surface area contributed by atoms with E-state index < -0.39 is 106 Å². The van der Waals surface area contributed by atoms with Crippen LogP contribution in [-0.2, 0) is 15.6 Å². The average molecular weight is 685 g/mol.